The third kappa shape index (κ3) is 1.40. The van der Waals surface area contributed by atoms with Crippen molar-refractivity contribution in [2.45, 2.75) is 18.5 Å². The zero-order valence-corrected chi connectivity index (χ0v) is 6.44. The number of hydrogen-bond donors (Lipinski definition) is 0. The number of carbonyl (C=O) groups excluding carboxylic acids is 1. The molecule has 2 rings (SSSR count). The lowest BCUT2D eigenvalue weighted by atomic mass is 10.0. The number of allylic oxidation sites excluding steroid dienone is 2. The van der Waals surface area contributed by atoms with Crippen LogP contribution in [-0.4, -0.2) is 24.8 Å². The van der Waals surface area contributed by atoms with Crippen LogP contribution < -0.4 is 0 Å². The number of aldehydes is 1. The molecule has 0 aromatic rings. The number of rotatable bonds is 1. The second kappa shape index (κ2) is 2.71. The Morgan fingerprint density at radius 3 is 2.92 bits per heavy atom. The van der Waals surface area contributed by atoms with Gasteiger partial charge in [-0.15, -0.1) is 8.78 Å². The molecule has 0 aromatic heterocycles. The van der Waals surface area contributed by atoms with E-state index in [4.69, 9.17) is 0 Å². The number of alkyl halides is 2. The molecule has 0 saturated carbocycles. The Balaban J connectivity index is 2.26. The SMILES string of the molecule is O=CC1=CC=CC2OC(F)(F)OC12. The van der Waals surface area contributed by atoms with Gasteiger partial charge in [0.2, 0.25) is 0 Å². The van der Waals surface area contributed by atoms with Crippen LogP contribution in [-0.2, 0) is 14.3 Å². The summed E-state index contributed by atoms with van der Waals surface area (Å²) in [6.07, 6.45) is -0.580. The zero-order valence-electron chi connectivity index (χ0n) is 6.44. The third-order valence-corrected chi connectivity index (χ3v) is 1.89. The van der Waals surface area contributed by atoms with Crippen LogP contribution in [0.2, 0.25) is 0 Å². The molecule has 1 aliphatic carbocycles. The Labute approximate surface area is 72.6 Å². The van der Waals surface area contributed by atoms with E-state index < -0.39 is 18.5 Å². The van der Waals surface area contributed by atoms with Crippen molar-refractivity contribution in [3.8, 4) is 0 Å². The van der Waals surface area contributed by atoms with Crippen LogP contribution >= 0.6 is 0 Å². The molecule has 2 aliphatic rings. The minimum Gasteiger partial charge on any atom is -0.298 e. The van der Waals surface area contributed by atoms with Gasteiger partial charge in [-0.3, -0.25) is 14.3 Å². The summed E-state index contributed by atoms with van der Waals surface area (Å²) in [5, 5.41) is 0. The van der Waals surface area contributed by atoms with Gasteiger partial charge in [0.1, 0.15) is 18.5 Å². The summed E-state index contributed by atoms with van der Waals surface area (Å²) >= 11 is 0. The Hall–Kier alpha value is -1.07. The predicted molar refractivity (Wildman–Crippen MR) is 38.0 cm³/mol. The van der Waals surface area contributed by atoms with Crippen molar-refractivity contribution in [3.63, 3.8) is 0 Å². The summed E-state index contributed by atoms with van der Waals surface area (Å²) in [6, 6.07) is 0. The first-order valence-corrected chi connectivity index (χ1v) is 3.69. The van der Waals surface area contributed by atoms with E-state index in [0.717, 1.165) is 0 Å². The fourth-order valence-electron chi connectivity index (χ4n) is 1.34. The molecule has 0 spiro atoms. The van der Waals surface area contributed by atoms with Crippen molar-refractivity contribution >= 4 is 6.29 Å². The van der Waals surface area contributed by atoms with Crippen LogP contribution in [0.3, 0.4) is 0 Å². The molecule has 0 amide bonds. The number of fused-ring (bicyclic) bond motifs is 1. The highest BCUT2D eigenvalue weighted by atomic mass is 19.3. The van der Waals surface area contributed by atoms with Crippen LogP contribution in [0.4, 0.5) is 8.78 Å². The van der Waals surface area contributed by atoms with Crippen molar-refractivity contribution in [1.82, 2.24) is 0 Å². The largest absolute Gasteiger partial charge is 0.486 e. The Kier molecular flexibility index (Phi) is 1.78. The van der Waals surface area contributed by atoms with Gasteiger partial charge < -0.3 is 0 Å². The van der Waals surface area contributed by atoms with Crippen LogP contribution in [0.25, 0.3) is 0 Å². The molecule has 0 N–H and O–H groups in total. The average molecular weight is 188 g/mol. The molecule has 5 heteroatoms. The topological polar surface area (TPSA) is 35.5 Å². The van der Waals surface area contributed by atoms with Gasteiger partial charge in [-0.2, -0.15) is 0 Å². The van der Waals surface area contributed by atoms with E-state index in [1.54, 1.807) is 0 Å². The Bertz CT molecular complexity index is 296. The number of carbonyl (C=O) groups is 1. The lowest BCUT2D eigenvalue weighted by Gasteiger charge is -2.14. The second-order valence-corrected chi connectivity index (χ2v) is 2.75. The van der Waals surface area contributed by atoms with Gasteiger partial charge in [0.25, 0.3) is 0 Å². The van der Waals surface area contributed by atoms with Crippen molar-refractivity contribution in [3.05, 3.63) is 23.8 Å². The normalized spacial score (nSPS) is 35.4. The smallest absolute Gasteiger partial charge is 0.298 e. The molecule has 2 unspecified atom stereocenters. The van der Waals surface area contributed by atoms with Gasteiger partial charge in [-0.25, -0.2) is 0 Å². The molecule has 3 nitrogen and oxygen atoms in total. The van der Waals surface area contributed by atoms with E-state index in [0.29, 0.717) is 6.29 Å². The summed E-state index contributed by atoms with van der Waals surface area (Å²) in [5.41, 5.74) is 0.171. The van der Waals surface area contributed by atoms with Gasteiger partial charge in [0, 0.05) is 5.57 Å². The van der Waals surface area contributed by atoms with Crippen LogP contribution in [0.5, 0.6) is 0 Å². The number of hydrogen-bond acceptors (Lipinski definition) is 3. The van der Waals surface area contributed by atoms with E-state index in [1.807, 2.05) is 0 Å². The molecule has 70 valence electrons. The maximum Gasteiger partial charge on any atom is 0.486 e. The van der Waals surface area contributed by atoms with E-state index >= 15 is 0 Å². The lowest BCUT2D eigenvalue weighted by molar-refractivity contribution is -0.347. The van der Waals surface area contributed by atoms with E-state index in [1.165, 1.54) is 18.2 Å². The van der Waals surface area contributed by atoms with Gasteiger partial charge in [0.05, 0.1) is 0 Å². The summed E-state index contributed by atoms with van der Waals surface area (Å²) in [7, 11) is 0. The Morgan fingerprint density at radius 2 is 2.23 bits per heavy atom. The molecule has 1 saturated heterocycles. The van der Waals surface area contributed by atoms with Crippen LogP contribution in [0.15, 0.2) is 23.8 Å². The fourth-order valence-corrected chi connectivity index (χ4v) is 1.34. The molecule has 1 aliphatic heterocycles. The zero-order chi connectivity index (χ0) is 9.47. The standard InChI is InChI=1S/C8H6F2O3/c9-8(10)12-6-3-1-2-5(4-11)7(6)13-8/h1-4,6-7H. The maximum atomic E-state index is 12.5. The van der Waals surface area contributed by atoms with Crippen molar-refractivity contribution < 1.29 is 23.0 Å². The molecule has 0 bridgehead atoms. The molecule has 2 atom stereocenters. The highest BCUT2D eigenvalue weighted by Gasteiger charge is 2.50. The van der Waals surface area contributed by atoms with Crippen molar-refractivity contribution in [2.75, 3.05) is 0 Å². The monoisotopic (exact) mass is 188 g/mol. The fraction of sp³-hybridized carbons (Fsp3) is 0.375. The minimum absolute atomic E-state index is 0.171. The first-order chi connectivity index (χ1) is 6.12. The van der Waals surface area contributed by atoms with Gasteiger partial charge in [-0.05, 0) is 0 Å². The molecule has 0 radical (unpaired) electrons. The maximum absolute atomic E-state index is 12.5. The lowest BCUT2D eigenvalue weighted by Crippen LogP contribution is -2.25. The van der Waals surface area contributed by atoms with E-state index in [2.05, 4.69) is 9.47 Å². The van der Waals surface area contributed by atoms with E-state index in [-0.39, 0.29) is 5.57 Å². The number of halogens is 2. The minimum atomic E-state index is -3.59. The van der Waals surface area contributed by atoms with Crippen LogP contribution in [0, 0.1) is 0 Å². The third-order valence-electron chi connectivity index (χ3n) is 1.89. The average Bonchev–Trinajstić information content (AvgIpc) is 2.37. The summed E-state index contributed by atoms with van der Waals surface area (Å²) in [5.74, 6) is 0. The van der Waals surface area contributed by atoms with Gasteiger partial charge in [-0.1, -0.05) is 18.2 Å². The highest BCUT2D eigenvalue weighted by molar-refractivity contribution is 5.76. The molecular weight excluding hydrogens is 182 g/mol. The van der Waals surface area contributed by atoms with Gasteiger partial charge >= 0.3 is 6.29 Å². The summed E-state index contributed by atoms with van der Waals surface area (Å²) in [6.45, 7) is 0. The second-order valence-electron chi connectivity index (χ2n) is 2.75. The molecule has 13 heavy (non-hydrogen) atoms. The number of ether oxygens (including phenoxy) is 2. The quantitative estimate of drug-likeness (QED) is 0.576. The first kappa shape index (κ1) is 8.52. The summed E-state index contributed by atoms with van der Waals surface area (Å²) < 4.78 is 33.6. The highest BCUT2D eigenvalue weighted by Crippen LogP contribution is 2.36. The molecule has 0 aromatic carbocycles. The Morgan fingerprint density at radius 1 is 1.46 bits per heavy atom. The molecule has 1 fully saturated rings. The van der Waals surface area contributed by atoms with E-state index in [9.17, 15) is 13.6 Å². The first-order valence-electron chi connectivity index (χ1n) is 3.69. The van der Waals surface area contributed by atoms with Crippen molar-refractivity contribution in [1.29, 1.82) is 0 Å². The van der Waals surface area contributed by atoms with Crippen LogP contribution in [0.1, 0.15) is 0 Å². The summed E-state index contributed by atoms with van der Waals surface area (Å²) in [4.78, 5) is 10.4. The predicted octanol–water partition coefficient (Wildman–Crippen LogP) is 1.02. The van der Waals surface area contributed by atoms with Crippen molar-refractivity contribution in [2.24, 2.45) is 0 Å². The molecular formula is C8H6F2O3. The van der Waals surface area contributed by atoms with Gasteiger partial charge in [0.15, 0.2) is 0 Å². The molecule has 1 heterocycles.